The maximum absolute atomic E-state index is 13.8. The number of thioether (sulfide) groups is 1. The van der Waals surface area contributed by atoms with Gasteiger partial charge in [-0.05, 0) is 55.0 Å². The number of hydrogen-bond donors (Lipinski definition) is 1. The molecule has 1 atom stereocenters. The zero-order valence-corrected chi connectivity index (χ0v) is 21.5. The molecule has 5 rings (SSSR count). The van der Waals surface area contributed by atoms with Gasteiger partial charge in [-0.25, -0.2) is 4.98 Å². The average molecular weight is 539 g/mol. The van der Waals surface area contributed by atoms with Gasteiger partial charge in [0.05, 0.1) is 21.7 Å². The van der Waals surface area contributed by atoms with Crippen molar-refractivity contribution in [2.24, 2.45) is 5.92 Å². The van der Waals surface area contributed by atoms with Gasteiger partial charge in [0, 0.05) is 16.6 Å². The Morgan fingerprint density at radius 1 is 1.30 bits per heavy atom. The number of anilines is 1. The lowest BCUT2D eigenvalue weighted by atomic mass is 9.86. The van der Waals surface area contributed by atoms with Crippen LogP contribution in [0, 0.1) is 21.8 Å². The highest BCUT2D eigenvalue weighted by molar-refractivity contribution is 7.99. The summed E-state index contributed by atoms with van der Waals surface area (Å²) in [7, 11) is 0. The summed E-state index contributed by atoms with van der Waals surface area (Å²) in [5.41, 5.74) is 0.988. The molecule has 0 bridgehead atoms. The van der Waals surface area contributed by atoms with E-state index in [1.54, 1.807) is 15.9 Å². The average Bonchev–Trinajstić information content (AvgIpc) is 3.26. The standard InChI is InChI=1S/C26H23FN4O4S2/c1-2-15-8-10-18-21(12-15)37-24-23(18)25(33)30(17-6-4-3-5-7-17)26(29-24)36-14-22(32)28-16-9-11-19(27)20(13-16)31(34)35/h3-7,9,11,13,15H,2,8,10,12,14H2,1H3,(H,28,32)/t15-/m1/s1. The van der Waals surface area contributed by atoms with Crippen molar-refractivity contribution in [3.05, 3.63) is 85.3 Å². The number of thiophene rings is 1. The lowest BCUT2D eigenvalue weighted by molar-refractivity contribution is -0.387. The number of nitro benzene ring substituents is 1. The number of aryl methyl sites for hydroxylation is 1. The van der Waals surface area contributed by atoms with Crippen LogP contribution in [0.25, 0.3) is 15.9 Å². The minimum Gasteiger partial charge on any atom is -0.325 e. The smallest absolute Gasteiger partial charge is 0.306 e. The number of aromatic nitrogens is 2. The molecule has 1 amide bonds. The highest BCUT2D eigenvalue weighted by Gasteiger charge is 2.26. The third-order valence-electron chi connectivity index (χ3n) is 6.50. The van der Waals surface area contributed by atoms with E-state index in [0.717, 1.165) is 55.1 Å². The van der Waals surface area contributed by atoms with E-state index in [2.05, 4.69) is 12.2 Å². The number of amides is 1. The van der Waals surface area contributed by atoms with Crippen LogP contribution >= 0.6 is 23.1 Å². The summed E-state index contributed by atoms with van der Waals surface area (Å²) in [4.78, 5) is 43.4. The lowest BCUT2D eigenvalue weighted by Crippen LogP contribution is -2.23. The Morgan fingerprint density at radius 3 is 2.81 bits per heavy atom. The Balaban J connectivity index is 1.47. The van der Waals surface area contributed by atoms with E-state index in [9.17, 15) is 24.1 Å². The van der Waals surface area contributed by atoms with Crippen LogP contribution in [0.15, 0.2) is 58.5 Å². The van der Waals surface area contributed by atoms with Crippen LogP contribution in [-0.2, 0) is 17.6 Å². The van der Waals surface area contributed by atoms with Crippen LogP contribution in [0.2, 0.25) is 0 Å². The van der Waals surface area contributed by atoms with E-state index in [1.165, 1.54) is 10.9 Å². The Bertz CT molecular complexity index is 1570. The second-order valence-electron chi connectivity index (χ2n) is 8.83. The molecule has 1 N–H and O–H groups in total. The molecule has 0 fully saturated rings. The first-order valence-electron chi connectivity index (χ1n) is 11.8. The molecule has 37 heavy (non-hydrogen) atoms. The van der Waals surface area contributed by atoms with E-state index in [1.807, 2.05) is 30.3 Å². The van der Waals surface area contributed by atoms with Gasteiger partial charge in [-0.1, -0.05) is 43.3 Å². The van der Waals surface area contributed by atoms with E-state index >= 15 is 0 Å². The molecule has 1 aliphatic carbocycles. The molecule has 0 saturated carbocycles. The minimum absolute atomic E-state index is 0.0983. The summed E-state index contributed by atoms with van der Waals surface area (Å²) < 4.78 is 15.2. The number of benzene rings is 2. The van der Waals surface area contributed by atoms with Crippen LogP contribution in [0.1, 0.15) is 30.2 Å². The molecule has 0 saturated heterocycles. The molecule has 11 heteroatoms. The number of nitro groups is 1. The SMILES string of the molecule is CC[C@@H]1CCc2c(sc3nc(SCC(=O)Nc4ccc(F)c([N+](=O)[O-])c4)n(-c4ccccc4)c(=O)c23)C1. The Labute approximate surface area is 219 Å². The predicted molar refractivity (Wildman–Crippen MR) is 143 cm³/mol. The van der Waals surface area contributed by atoms with Crippen molar-refractivity contribution >= 4 is 50.6 Å². The van der Waals surface area contributed by atoms with Gasteiger partial charge in [0.15, 0.2) is 5.16 Å². The zero-order chi connectivity index (χ0) is 26.1. The molecule has 2 heterocycles. The second kappa shape index (κ2) is 10.4. The second-order valence-corrected chi connectivity index (χ2v) is 10.9. The molecule has 2 aromatic heterocycles. The number of rotatable bonds is 7. The van der Waals surface area contributed by atoms with Gasteiger partial charge in [-0.3, -0.25) is 24.3 Å². The molecule has 8 nitrogen and oxygen atoms in total. The van der Waals surface area contributed by atoms with Crippen LogP contribution in [-0.4, -0.2) is 26.1 Å². The summed E-state index contributed by atoms with van der Waals surface area (Å²) in [5, 5.41) is 14.6. The van der Waals surface area contributed by atoms with Crippen molar-refractivity contribution < 1.29 is 14.1 Å². The molecular formula is C26H23FN4O4S2. The van der Waals surface area contributed by atoms with Gasteiger partial charge in [-0.15, -0.1) is 11.3 Å². The normalized spacial score (nSPS) is 14.9. The highest BCUT2D eigenvalue weighted by Crippen LogP contribution is 2.38. The maximum atomic E-state index is 13.8. The first-order chi connectivity index (χ1) is 17.9. The van der Waals surface area contributed by atoms with Crippen LogP contribution < -0.4 is 10.9 Å². The first kappa shape index (κ1) is 25.1. The number of nitrogens with one attached hydrogen (secondary N) is 1. The quantitative estimate of drug-likeness (QED) is 0.139. The van der Waals surface area contributed by atoms with Gasteiger partial charge in [0.2, 0.25) is 11.7 Å². The van der Waals surface area contributed by atoms with E-state index in [4.69, 9.17) is 4.98 Å². The minimum atomic E-state index is -0.981. The molecular weight excluding hydrogens is 515 g/mol. The number of carbonyl (C=O) groups excluding carboxylic acids is 1. The summed E-state index contributed by atoms with van der Waals surface area (Å²) in [6.07, 6.45) is 3.96. The predicted octanol–water partition coefficient (Wildman–Crippen LogP) is 5.74. The zero-order valence-electron chi connectivity index (χ0n) is 19.9. The first-order valence-corrected chi connectivity index (χ1v) is 13.6. The fourth-order valence-corrected chi connectivity index (χ4v) is 6.77. The van der Waals surface area contributed by atoms with Gasteiger partial charge in [0.25, 0.3) is 5.56 Å². The summed E-state index contributed by atoms with van der Waals surface area (Å²) >= 11 is 2.66. The third kappa shape index (κ3) is 5.01. The van der Waals surface area contributed by atoms with Crippen molar-refractivity contribution in [2.75, 3.05) is 11.1 Å². The molecule has 2 aromatic carbocycles. The van der Waals surface area contributed by atoms with Crippen LogP contribution in [0.3, 0.4) is 0 Å². The maximum Gasteiger partial charge on any atom is 0.306 e. The van der Waals surface area contributed by atoms with Crippen molar-refractivity contribution in [2.45, 2.75) is 37.8 Å². The molecule has 0 unspecified atom stereocenters. The van der Waals surface area contributed by atoms with E-state index < -0.39 is 22.3 Å². The fourth-order valence-electron chi connectivity index (χ4n) is 4.58. The van der Waals surface area contributed by atoms with Gasteiger partial charge >= 0.3 is 5.69 Å². The molecule has 0 radical (unpaired) electrons. The number of nitrogens with zero attached hydrogens (tertiary/aromatic N) is 3. The number of carbonyl (C=O) groups is 1. The highest BCUT2D eigenvalue weighted by atomic mass is 32.2. The summed E-state index contributed by atoms with van der Waals surface area (Å²) in [6.45, 7) is 2.19. The fraction of sp³-hybridized carbons (Fsp3) is 0.269. The molecule has 1 aliphatic rings. The van der Waals surface area contributed by atoms with Crippen LogP contribution in [0.5, 0.6) is 0 Å². The number of hydrogen-bond acceptors (Lipinski definition) is 7. The van der Waals surface area contributed by atoms with Gasteiger partial charge in [-0.2, -0.15) is 4.39 Å². The number of para-hydroxylation sites is 1. The topological polar surface area (TPSA) is 107 Å². The lowest BCUT2D eigenvalue weighted by Gasteiger charge is -2.20. The van der Waals surface area contributed by atoms with Crippen molar-refractivity contribution in [1.82, 2.24) is 9.55 Å². The summed E-state index contributed by atoms with van der Waals surface area (Å²) in [6, 6.07) is 12.3. The molecule has 190 valence electrons. The monoisotopic (exact) mass is 538 g/mol. The van der Waals surface area contributed by atoms with Gasteiger partial charge in [0.1, 0.15) is 4.83 Å². The van der Waals surface area contributed by atoms with Crippen molar-refractivity contribution in [1.29, 1.82) is 0 Å². The largest absolute Gasteiger partial charge is 0.325 e. The number of halogens is 1. The Hall–Kier alpha value is -3.57. The molecule has 4 aromatic rings. The van der Waals surface area contributed by atoms with Gasteiger partial charge < -0.3 is 5.32 Å². The number of fused-ring (bicyclic) bond motifs is 3. The summed E-state index contributed by atoms with van der Waals surface area (Å²) in [5.74, 6) is -0.933. The molecule has 0 aliphatic heterocycles. The molecule has 0 spiro atoms. The van der Waals surface area contributed by atoms with E-state index in [0.29, 0.717) is 27.0 Å². The van der Waals surface area contributed by atoms with E-state index in [-0.39, 0.29) is 17.0 Å². The Kier molecular flexibility index (Phi) is 7.07. The van der Waals surface area contributed by atoms with Crippen molar-refractivity contribution in [3.63, 3.8) is 0 Å². The van der Waals surface area contributed by atoms with Crippen molar-refractivity contribution in [3.8, 4) is 5.69 Å². The third-order valence-corrected chi connectivity index (χ3v) is 8.59. The van der Waals surface area contributed by atoms with Crippen LogP contribution in [0.4, 0.5) is 15.8 Å². The Morgan fingerprint density at radius 2 is 2.08 bits per heavy atom.